The highest BCUT2D eigenvalue weighted by molar-refractivity contribution is 5.94. The molecule has 1 amide bonds. The standard InChI is InChI=1S/C16H18N2O2/c1-18(14-10-6-7-11-15(14)20-2)12-16(19)17-13-8-4-3-5-9-13/h3-11H,12H2,1-2H3,(H,17,19). The van der Waals surface area contributed by atoms with Gasteiger partial charge in [-0.2, -0.15) is 0 Å². The van der Waals surface area contributed by atoms with Crippen molar-refractivity contribution in [3.63, 3.8) is 0 Å². The second-order valence-corrected chi connectivity index (χ2v) is 4.44. The van der Waals surface area contributed by atoms with E-state index in [-0.39, 0.29) is 12.5 Å². The van der Waals surface area contributed by atoms with Gasteiger partial charge in [0, 0.05) is 12.7 Å². The molecule has 0 atom stereocenters. The molecule has 0 aliphatic heterocycles. The van der Waals surface area contributed by atoms with Gasteiger partial charge in [-0.1, -0.05) is 30.3 Å². The quantitative estimate of drug-likeness (QED) is 0.908. The molecule has 20 heavy (non-hydrogen) atoms. The lowest BCUT2D eigenvalue weighted by Crippen LogP contribution is -2.30. The van der Waals surface area contributed by atoms with E-state index in [1.165, 1.54) is 0 Å². The van der Waals surface area contributed by atoms with Crippen molar-refractivity contribution in [2.24, 2.45) is 0 Å². The van der Waals surface area contributed by atoms with Crippen LogP contribution >= 0.6 is 0 Å². The second-order valence-electron chi connectivity index (χ2n) is 4.44. The lowest BCUT2D eigenvalue weighted by atomic mass is 10.2. The number of ether oxygens (including phenoxy) is 1. The largest absolute Gasteiger partial charge is 0.495 e. The minimum atomic E-state index is -0.0652. The van der Waals surface area contributed by atoms with Gasteiger partial charge >= 0.3 is 0 Å². The summed E-state index contributed by atoms with van der Waals surface area (Å²) in [4.78, 5) is 13.9. The molecule has 0 aromatic heterocycles. The number of benzene rings is 2. The van der Waals surface area contributed by atoms with E-state index in [2.05, 4.69) is 5.32 Å². The normalized spacial score (nSPS) is 9.90. The molecule has 1 N–H and O–H groups in total. The highest BCUT2D eigenvalue weighted by Crippen LogP contribution is 2.26. The van der Waals surface area contributed by atoms with E-state index in [4.69, 9.17) is 4.74 Å². The Bertz CT molecular complexity index is 570. The van der Waals surface area contributed by atoms with Crippen LogP contribution in [0.5, 0.6) is 5.75 Å². The van der Waals surface area contributed by atoms with Crippen molar-refractivity contribution < 1.29 is 9.53 Å². The minimum Gasteiger partial charge on any atom is -0.495 e. The molecule has 0 heterocycles. The van der Waals surface area contributed by atoms with Crippen molar-refractivity contribution in [3.05, 3.63) is 54.6 Å². The first-order chi connectivity index (χ1) is 9.70. The van der Waals surface area contributed by atoms with Crippen LogP contribution in [-0.2, 0) is 4.79 Å². The fourth-order valence-electron chi connectivity index (χ4n) is 1.97. The van der Waals surface area contributed by atoms with Gasteiger partial charge in [0.15, 0.2) is 0 Å². The van der Waals surface area contributed by atoms with Crippen LogP contribution in [0.15, 0.2) is 54.6 Å². The highest BCUT2D eigenvalue weighted by Gasteiger charge is 2.11. The number of nitrogens with zero attached hydrogens (tertiary/aromatic N) is 1. The van der Waals surface area contributed by atoms with Gasteiger partial charge in [-0.15, -0.1) is 0 Å². The first kappa shape index (κ1) is 13.9. The molecule has 0 saturated heterocycles. The molecule has 104 valence electrons. The molecule has 0 unspecified atom stereocenters. The van der Waals surface area contributed by atoms with E-state index in [0.29, 0.717) is 0 Å². The number of hydrogen-bond acceptors (Lipinski definition) is 3. The van der Waals surface area contributed by atoms with Gasteiger partial charge in [-0.3, -0.25) is 4.79 Å². The summed E-state index contributed by atoms with van der Waals surface area (Å²) in [6.07, 6.45) is 0. The number of nitrogens with one attached hydrogen (secondary N) is 1. The molecule has 4 nitrogen and oxygen atoms in total. The topological polar surface area (TPSA) is 41.6 Å². The third kappa shape index (κ3) is 3.51. The molecule has 2 aromatic rings. The average molecular weight is 270 g/mol. The van der Waals surface area contributed by atoms with E-state index < -0.39 is 0 Å². The Morgan fingerprint density at radius 2 is 1.75 bits per heavy atom. The number of carbonyl (C=O) groups is 1. The third-order valence-corrected chi connectivity index (χ3v) is 2.93. The molecule has 0 fully saturated rings. The van der Waals surface area contributed by atoms with Crippen LogP contribution < -0.4 is 15.0 Å². The number of anilines is 2. The highest BCUT2D eigenvalue weighted by atomic mass is 16.5. The van der Waals surface area contributed by atoms with Crippen LogP contribution in [0.2, 0.25) is 0 Å². The zero-order chi connectivity index (χ0) is 14.4. The van der Waals surface area contributed by atoms with Gasteiger partial charge < -0.3 is 15.0 Å². The first-order valence-corrected chi connectivity index (χ1v) is 6.40. The average Bonchev–Trinajstić information content (AvgIpc) is 2.48. The zero-order valence-corrected chi connectivity index (χ0v) is 11.7. The molecule has 4 heteroatoms. The summed E-state index contributed by atoms with van der Waals surface area (Å²) in [6.45, 7) is 0.259. The number of carbonyl (C=O) groups excluding carboxylic acids is 1. The van der Waals surface area contributed by atoms with Crippen LogP contribution in [0, 0.1) is 0 Å². The van der Waals surface area contributed by atoms with E-state index in [1.807, 2.05) is 66.5 Å². The van der Waals surface area contributed by atoms with Gasteiger partial charge in [0.25, 0.3) is 0 Å². The SMILES string of the molecule is COc1ccccc1N(C)CC(=O)Nc1ccccc1. The molecule has 0 aliphatic carbocycles. The van der Waals surface area contributed by atoms with E-state index in [0.717, 1.165) is 17.1 Å². The predicted octanol–water partition coefficient (Wildman–Crippen LogP) is 2.77. The first-order valence-electron chi connectivity index (χ1n) is 6.40. The summed E-state index contributed by atoms with van der Waals surface area (Å²) in [7, 11) is 3.49. The van der Waals surface area contributed by atoms with Gasteiger partial charge in [0.1, 0.15) is 5.75 Å². The van der Waals surface area contributed by atoms with Crippen molar-refractivity contribution in [1.29, 1.82) is 0 Å². The number of likely N-dealkylation sites (N-methyl/N-ethyl adjacent to an activating group) is 1. The number of para-hydroxylation sites is 3. The smallest absolute Gasteiger partial charge is 0.243 e. The number of hydrogen-bond donors (Lipinski definition) is 1. The Labute approximate surface area is 119 Å². The molecule has 2 rings (SSSR count). The summed E-state index contributed by atoms with van der Waals surface area (Å²) in [5.74, 6) is 0.687. The van der Waals surface area contributed by atoms with Crippen LogP contribution in [0.4, 0.5) is 11.4 Å². The molecule has 0 radical (unpaired) electrons. The minimum absolute atomic E-state index is 0.0652. The van der Waals surface area contributed by atoms with Gasteiger partial charge in [0.05, 0.1) is 19.3 Å². The van der Waals surface area contributed by atoms with Gasteiger partial charge in [-0.25, -0.2) is 0 Å². The third-order valence-electron chi connectivity index (χ3n) is 2.93. The van der Waals surface area contributed by atoms with Crippen molar-refractivity contribution >= 4 is 17.3 Å². The van der Waals surface area contributed by atoms with E-state index in [1.54, 1.807) is 7.11 Å². The maximum absolute atomic E-state index is 12.0. The maximum atomic E-state index is 12.0. The lowest BCUT2D eigenvalue weighted by molar-refractivity contribution is -0.114. The number of amides is 1. The van der Waals surface area contributed by atoms with Gasteiger partial charge in [-0.05, 0) is 24.3 Å². The molecule has 0 bridgehead atoms. The van der Waals surface area contributed by atoms with Crippen molar-refractivity contribution in [2.75, 3.05) is 30.9 Å². The monoisotopic (exact) mass is 270 g/mol. The Morgan fingerprint density at radius 1 is 1.10 bits per heavy atom. The molecule has 0 saturated carbocycles. The Morgan fingerprint density at radius 3 is 2.45 bits per heavy atom. The van der Waals surface area contributed by atoms with Crippen molar-refractivity contribution in [2.45, 2.75) is 0 Å². The fourth-order valence-corrected chi connectivity index (χ4v) is 1.97. The molecular formula is C16H18N2O2. The fraction of sp³-hybridized carbons (Fsp3) is 0.188. The summed E-state index contributed by atoms with van der Waals surface area (Å²) >= 11 is 0. The Balaban J connectivity index is 2.00. The second kappa shape index (κ2) is 6.61. The van der Waals surface area contributed by atoms with Crippen LogP contribution in [0.1, 0.15) is 0 Å². The summed E-state index contributed by atoms with van der Waals surface area (Å²) in [5, 5.41) is 2.86. The number of rotatable bonds is 5. The maximum Gasteiger partial charge on any atom is 0.243 e. The van der Waals surface area contributed by atoms with Crippen LogP contribution in [-0.4, -0.2) is 26.6 Å². The summed E-state index contributed by atoms with van der Waals surface area (Å²) in [5.41, 5.74) is 1.68. The van der Waals surface area contributed by atoms with E-state index in [9.17, 15) is 4.79 Å². The van der Waals surface area contributed by atoms with Crippen molar-refractivity contribution in [3.8, 4) is 5.75 Å². The number of methoxy groups -OCH3 is 1. The molecule has 0 aliphatic rings. The Kier molecular flexibility index (Phi) is 4.60. The summed E-state index contributed by atoms with van der Waals surface area (Å²) in [6, 6.07) is 17.0. The molecule has 2 aromatic carbocycles. The van der Waals surface area contributed by atoms with E-state index >= 15 is 0 Å². The summed E-state index contributed by atoms with van der Waals surface area (Å²) < 4.78 is 5.29. The van der Waals surface area contributed by atoms with Crippen LogP contribution in [0.25, 0.3) is 0 Å². The predicted molar refractivity (Wildman–Crippen MR) is 81.3 cm³/mol. The van der Waals surface area contributed by atoms with Crippen LogP contribution in [0.3, 0.4) is 0 Å². The molecular weight excluding hydrogens is 252 g/mol. The lowest BCUT2D eigenvalue weighted by Gasteiger charge is -2.21. The van der Waals surface area contributed by atoms with Gasteiger partial charge in [0.2, 0.25) is 5.91 Å². The zero-order valence-electron chi connectivity index (χ0n) is 11.7. The Hall–Kier alpha value is -2.49. The van der Waals surface area contributed by atoms with Crippen molar-refractivity contribution in [1.82, 2.24) is 0 Å². The molecule has 0 spiro atoms.